The van der Waals surface area contributed by atoms with Crippen LogP contribution in [-0.4, -0.2) is 15.8 Å². The fourth-order valence-corrected chi connectivity index (χ4v) is 1.17. The highest BCUT2D eigenvalue weighted by Crippen LogP contribution is 2.09. The van der Waals surface area contributed by atoms with Gasteiger partial charge in [0.1, 0.15) is 12.4 Å². The lowest BCUT2D eigenvalue weighted by atomic mass is 10.2. The van der Waals surface area contributed by atoms with E-state index in [9.17, 15) is 4.79 Å². The van der Waals surface area contributed by atoms with Crippen molar-refractivity contribution < 1.29 is 4.79 Å². The van der Waals surface area contributed by atoms with Crippen molar-refractivity contribution in [3.05, 3.63) is 59.1 Å². The molecule has 0 saturated carbocycles. The maximum absolute atomic E-state index is 10.7. The minimum Gasteiger partial charge on any atom is -0.295 e. The Morgan fingerprint density at radius 2 is 1.78 bits per heavy atom. The number of nitriles is 1. The molecule has 90 valence electrons. The SMILES string of the molecule is CC(=O)c1ccc(Cl)cc1.N#Cc1cncnc1. The summed E-state index contributed by atoms with van der Waals surface area (Å²) in [5.74, 6) is 0.0664. The molecule has 0 amide bonds. The summed E-state index contributed by atoms with van der Waals surface area (Å²) in [4.78, 5) is 18.0. The number of rotatable bonds is 1. The van der Waals surface area contributed by atoms with Crippen LogP contribution in [0.3, 0.4) is 0 Å². The molecule has 0 aliphatic carbocycles. The predicted molar refractivity (Wildman–Crippen MR) is 68.2 cm³/mol. The second kappa shape index (κ2) is 7.15. The lowest BCUT2D eigenvalue weighted by Gasteiger charge is -1.92. The molecular formula is C13H10ClN3O. The van der Waals surface area contributed by atoms with Crippen molar-refractivity contribution in [2.75, 3.05) is 0 Å². The Morgan fingerprint density at radius 1 is 1.22 bits per heavy atom. The molecule has 0 aliphatic heterocycles. The van der Waals surface area contributed by atoms with Gasteiger partial charge in [-0.2, -0.15) is 5.26 Å². The average Bonchev–Trinajstić information content (AvgIpc) is 2.41. The largest absolute Gasteiger partial charge is 0.295 e. The molecule has 0 N–H and O–H groups in total. The van der Waals surface area contributed by atoms with Crippen molar-refractivity contribution in [2.24, 2.45) is 0 Å². The van der Waals surface area contributed by atoms with Crippen LogP contribution in [0.4, 0.5) is 0 Å². The van der Waals surface area contributed by atoms with Gasteiger partial charge in [-0.3, -0.25) is 4.79 Å². The molecule has 18 heavy (non-hydrogen) atoms. The van der Waals surface area contributed by atoms with E-state index in [0.717, 1.165) is 0 Å². The fraction of sp³-hybridized carbons (Fsp3) is 0.0769. The highest BCUT2D eigenvalue weighted by molar-refractivity contribution is 6.30. The highest BCUT2D eigenvalue weighted by atomic mass is 35.5. The van der Waals surface area contributed by atoms with E-state index in [4.69, 9.17) is 16.9 Å². The van der Waals surface area contributed by atoms with Crippen molar-refractivity contribution in [1.82, 2.24) is 9.97 Å². The van der Waals surface area contributed by atoms with Gasteiger partial charge in [-0.05, 0) is 31.2 Å². The van der Waals surface area contributed by atoms with E-state index in [1.807, 2.05) is 6.07 Å². The third kappa shape index (κ3) is 4.73. The number of carbonyl (C=O) groups is 1. The highest BCUT2D eigenvalue weighted by Gasteiger charge is 1.95. The zero-order valence-corrected chi connectivity index (χ0v) is 10.4. The van der Waals surface area contributed by atoms with Crippen LogP contribution in [0.1, 0.15) is 22.8 Å². The molecular weight excluding hydrogens is 250 g/mol. The minimum absolute atomic E-state index is 0.0664. The van der Waals surface area contributed by atoms with Gasteiger partial charge in [-0.25, -0.2) is 9.97 Å². The quantitative estimate of drug-likeness (QED) is 0.739. The molecule has 0 atom stereocenters. The van der Waals surface area contributed by atoms with Crippen molar-refractivity contribution in [1.29, 1.82) is 5.26 Å². The van der Waals surface area contributed by atoms with Gasteiger partial charge in [0.15, 0.2) is 5.78 Å². The van der Waals surface area contributed by atoms with Crippen LogP contribution in [0.2, 0.25) is 5.02 Å². The molecule has 2 aromatic rings. The van der Waals surface area contributed by atoms with Gasteiger partial charge in [0.2, 0.25) is 0 Å². The first-order valence-electron chi connectivity index (χ1n) is 5.05. The molecule has 1 aromatic heterocycles. The van der Waals surface area contributed by atoms with E-state index < -0.39 is 0 Å². The summed E-state index contributed by atoms with van der Waals surface area (Å²) in [5.41, 5.74) is 1.19. The Morgan fingerprint density at radius 3 is 2.17 bits per heavy atom. The Hall–Kier alpha value is -2.25. The smallest absolute Gasteiger partial charge is 0.159 e. The van der Waals surface area contributed by atoms with Gasteiger partial charge in [-0.1, -0.05) is 11.6 Å². The molecule has 0 spiro atoms. The van der Waals surface area contributed by atoms with Crippen molar-refractivity contribution >= 4 is 17.4 Å². The second-order valence-corrected chi connectivity index (χ2v) is 3.74. The number of ketones is 1. The average molecular weight is 260 g/mol. The number of halogens is 1. The van der Waals surface area contributed by atoms with Crippen molar-refractivity contribution in [3.8, 4) is 6.07 Å². The van der Waals surface area contributed by atoms with Crippen LogP contribution >= 0.6 is 11.6 Å². The van der Waals surface area contributed by atoms with Crippen LogP contribution in [0.15, 0.2) is 43.0 Å². The fourth-order valence-electron chi connectivity index (χ4n) is 1.04. The van der Waals surface area contributed by atoms with Gasteiger partial charge in [0.05, 0.1) is 5.56 Å². The van der Waals surface area contributed by atoms with Crippen LogP contribution < -0.4 is 0 Å². The third-order valence-corrected chi connectivity index (χ3v) is 2.19. The number of carbonyl (C=O) groups excluding carboxylic acids is 1. The van der Waals surface area contributed by atoms with Gasteiger partial charge in [-0.15, -0.1) is 0 Å². The maximum Gasteiger partial charge on any atom is 0.159 e. The number of Topliss-reactive ketones (excluding diaryl/α,β-unsaturated/α-hetero) is 1. The lowest BCUT2D eigenvalue weighted by molar-refractivity contribution is 0.101. The number of hydrogen-bond donors (Lipinski definition) is 0. The topological polar surface area (TPSA) is 66.6 Å². The third-order valence-electron chi connectivity index (χ3n) is 1.94. The van der Waals surface area contributed by atoms with Gasteiger partial charge in [0, 0.05) is 23.0 Å². The summed E-state index contributed by atoms with van der Waals surface area (Å²) in [7, 11) is 0. The minimum atomic E-state index is 0.0664. The summed E-state index contributed by atoms with van der Waals surface area (Å²) >= 11 is 5.61. The standard InChI is InChI=1S/C8H7ClO.C5H3N3/c1-6(10)7-2-4-8(9)5-3-7;6-1-5-2-7-4-8-3-5/h2-5H,1H3;2-4H. The Kier molecular flexibility index (Phi) is 5.49. The van der Waals surface area contributed by atoms with E-state index in [0.29, 0.717) is 16.1 Å². The van der Waals surface area contributed by atoms with E-state index in [-0.39, 0.29) is 5.78 Å². The molecule has 0 radical (unpaired) electrons. The predicted octanol–water partition coefficient (Wildman–Crippen LogP) is 2.89. The lowest BCUT2D eigenvalue weighted by Crippen LogP contribution is -1.89. The Labute approximate surface area is 110 Å². The number of aromatic nitrogens is 2. The second-order valence-electron chi connectivity index (χ2n) is 3.30. The molecule has 0 bridgehead atoms. The van der Waals surface area contributed by atoms with Gasteiger partial charge < -0.3 is 0 Å². The zero-order valence-electron chi connectivity index (χ0n) is 9.67. The summed E-state index contributed by atoms with van der Waals surface area (Å²) in [6.07, 6.45) is 4.32. The van der Waals surface area contributed by atoms with E-state index >= 15 is 0 Å². The van der Waals surface area contributed by atoms with Crippen LogP contribution in [-0.2, 0) is 0 Å². The Balaban J connectivity index is 0.000000184. The summed E-state index contributed by atoms with van der Waals surface area (Å²) in [6, 6.07) is 8.74. The molecule has 2 rings (SSSR count). The molecule has 1 heterocycles. The van der Waals surface area contributed by atoms with Crippen LogP contribution in [0.5, 0.6) is 0 Å². The van der Waals surface area contributed by atoms with Gasteiger partial charge >= 0.3 is 0 Å². The van der Waals surface area contributed by atoms with Gasteiger partial charge in [0.25, 0.3) is 0 Å². The normalized spacial score (nSPS) is 8.72. The molecule has 0 fully saturated rings. The Bertz CT molecular complexity index is 547. The number of benzene rings is 1. The monoisotopic (exact) mass is 259 g/mol. The van der Waals surface area contributed by atoms with Crippen LogP contribution in [0.25, 0.3) is 0 Å². The molecule has 1 aromatic carbocycles. The van der Waals surface area contributed by atoms with E-state index in [2.05, 4.69) is 9.97 Å². The maximum atomic E-state index is 10.7. The first-order valence-corrected chi connectivity index (χ1v) is 5.43. The van der Waals surface area contributed by atoms with Crippen LogP contribution in [0, 0.1) is 11.3 Å². The first kappa shape index (κ1) is 13.8. The van der Waals surface area contributed by atoms with Crippen molar-refractivity contribution in [2.45, 2.75) is 6.92 Å². The van der Waals surface area contributed by atoms with E-state index in [1.54, 1.807) is 24.3 Å². The number of hydrogen-bond acceptors (Lipinski definition) is 4. The molecule has 4 nitrogen and oxygen atoms in total. The zero-order chi connectivity index (χ0) is 13.4. The molecule has 5 heteroatoms. The molecule has 0 aliphatic rings. The van der Waals surface area contributed by atoms with E-state index in [1.165, 1.54) is 25.6 Å². The first-order chi connectivity index (χ1) is 8.63. The summed E-state index contributed by atoms with van der Waals surface area (Å²) < 4.78 is 0. The summed E-state index contributed by atoms with van der Waals surface area (Å²) in [6.45, 7) is 1.53. The van der Waals surface area contributed by atoms with Crippen molar-refractivity contribution in [3.63, 3.8) is 0 Å². The molecule has 0 unspecified atom stereocenters. The molecule has 0 saturated heterocycles. The number of nitrogens with zero attached hydrogens (tertiary/aromatic N) is 3. The summed E-state index contributed by atoms with van der Waals surface area (Å²) in [5, 5.41) is 8.87.